The molecule has 1 unspecified atom stereocenters. The maximum absolute atomic E-state index is 13.2. The molecule has 1 saturated heterocycles. The van der Waals surface area contributed by atoms with Crippen LogP contribution < -0.4 is 14.8 Å². The summed E-state index contributed by atoms with van der Waals surface area (Å²) >= 11 is 0. The Morgan fingerprint density at radius 3 is 2.09 bits per heavy atom. The first-order valence-electron chi connectivity index (χ1n) is 10.8. The fourth-order valence-corrected chi connectivity index (χ4v) is 4.57. The average Bonchev–Trinajstić information content (AvgIpc) is 3.13. The van der Waals surface area contributed by atoms with Gasteiger partial charge < -0.3 is 9.84 Å². The fourth-order valence-electron chi connectivity index (χ4n) is 4.05. The van der Waals surface area contributed by atoms with Gasteiger partial charge in [-0.25, -0.2) is 13.6 Å². The minimum Gasteiger partial charge on any atom is -0.507 e. The summed E-state index contributed by atoms with van der Waals surface area (Å²) in [6.07, 6.45) is 0.811. The molecule has 0 spiro atoms. The minimum atomic E-state index is -3.94. The monoisotopic (exact) mass is 492 g/mol. The second kappa shape index (κ2) is 9.36. The summed E-state index contributed by atoms with van der Waals surface area (Å²) in [5.41, 5.74) is 2.24. The van der Waals surface area contributed by atoms with Crippen LogP contribution >= 0.6 is 0 Å². The van der Waals surface area contributed by atoms with Crippen molar-refractivity contribution >= 4 is 33.2 Å². The number of ketones is 1. The highest BCUT2D eigenvalue weighted by Crippen LogP contribution is 2.42. The highest BCUT2D eigenvalue weighted by molar-refractivity contribution is 7.89. The lowest BCUT2D eigenvalue weighted by Gasteiger charge is -2.25. The Kier molecular flexibility index (Phi) is 6.47. The van der Waals surface area contributed by atoms with Crippen LogP contribution in [0, 0.1) is 0 Å². The number of rotatable bonds is 6. The number of hydrogen-bond acceptors (Lipinski definition) is 6. The van der Waals surface area contributed by atoms with Crippen LogP contribution in [0.2, 0.25) is 0 Å². The molecule has 1 fully saturated rings. The van der Waals surface area contributed by atoms with Crippen molar-refractivity contribution in [2.24, 2.45) is 5.14 Å². The Morgan fingerprint density at radius 2 is 1.57 bits per heavy atom. The summed E-state index contributed by atoms with van der Waals surface area (Å²) in [6.45, 7) is 2.01. The number of nitrogens with two attached hydrogens (primary N) is 1. The van der Waals surface area contributed by atoms with E-state index >= 15 is 0 Å². The third-order valence-corrected chi connectivity index (χ3v) is 6.88. The normalized spacial score (nSPS) is 17.6. The number of carbonyl (C=O) groups excluding carboxylic acids is 2. The first-order chi connectivity index (χ1) is 16.7. The SMILES string of the molecule is CCc1ccc(/C(O)=C2\C(=O)C(=O)N(c3ccc(S(N)(=O)=O)cc3)C2c2ccc(OC)cc2)cc1. The highest BCUT2D eigenvalue weighted by atomic mass is 32.2. The molecule has 9 heteroatoms. The number of Topliss-reactive ketones (excluding diaryl/α,β-unsaturated/α-hetero) is 1. The van der Waals surface area contributed by atoms with Crippen molar-refractivity contribution in [3.63, 3.8) is 0 Å². The first kappa shape index (κ1) is 24.2. The van der Waals surface area contributed by atoms with Crippen molar-refractivity contribution in [1.29, 1.82) is 0 Å². The molecule has 1 atom stereocenters. The molecule has 35 heavy (non-hydrogen) atoms. The molecular formula is C26H24N2O6S. The molecule has 3 aromatic carbocycles. The molecule has 1 heterocycles. The molecule has 8 nitrogen and oxygen atoms in total. The van der Waals surface area contributed by atoms with Gasteiger partial charge >= 0.3 is 0 Å². The zero-order valence-electron chi connectivity index (χ0n) is 19.1. The van der Waals surface area contributed by atoms with E-state index in [1.165, 1.54) is 36.3 Å². The summed E-state index contributed by atoms with van der Waals surface area (Å²) in [7, 11) is -2.42. The van der Waals surface area contributed by atoms with Gasteiger partial charge in [-0.15, -0.1) is 0 Å². The van der Waals surface area contributed by atoms with Gasteiger partial charge in [0, 0.05) is 11.3 Å². The van der Waals surface area contributed by atoms with Gasteiger partial charge in [0.1, 0.15) is 11.5 Å². The lowest BCUT2D eigenvalue weighted by molar-refractivity contribution is -0.132. The Morgan fingerprint density at radius 1 is 0.971 bits per heavy atom. The predicted molar refractivity (Wildman–Crippen MR) is 131 cm³/mol. The molecule has 0 aliphatic carbocycles. The largest absolute Gasteiger partial charge is 0.507 e. The molecule has 0 saturated carbocycles. The van der Waals surface area contributed by atoms with Crippen LogP contribution in [0.15, 0.2) is 83.3 Å². The number of amides is 1. The third-order valence-electron chi connectivity index (χ3n) is 5.96. The summed E-state index contributed by atoms with van der Waals surface area (Å²) in [4.78, 5) is 27.5. The standard InChI is InChI=1S/C26H24N2O6S/c1-3-16-4-6-18(7-5-16)24(29)22-23(17-8-12-20(34-2)13-9-17)28(26(31)25(22)30)19-10-14-21(15-11-19)35(27,32)33/h4-15,23,29H,3H2,1-2H3,(H2,27,32,33)/b24-22+. The molecule has 3 N–H and O–H groups in total. The van der Waals surface area contributed by atoms with Gasteiger partial charge in [0.25, 0.3) is 11.7 Å². The number of aryl methyl sites for hydroxylation is 1. The van der Waals surface area contributed by atoms with E-state index in [-0.39, 0.29) is 21.9 Å². The van der Waals surface area contributed by atoms with Crippen LogP contribution in [0.25, 0.3) is 5.76 Å². The maximum Gasteiger partial charge on any atom is 0.300 e. The van der Waals surface area contributed by atoms with Crippen LogP contribution in [0.1, 0.15) is 29.7 Å². The summed E-state index contributed by atoms with van der Waals surface area (Å²) in [5.74, 6) is -1.41. The van der Waals surface area contributed by atoms with E-state index in [1.807, 2.05) is 19.1 Å². The number of nitrogens with zero attached hydrogens (tertiary/aromatic N) is 1. The number of sulfonamides is 1. The minimum absolute atomic E-state index is 0.0695. The van der Waals surface area contributed by atoms with Gasteiger partial charge in [0.2, 0.25) is 10.0 Å². The Bertz CT molecular complexity index is 1410. The van der Waals surface area contributed by atoms with E-state index < -0.39 is 27.8 Å². The zero-order chi connectivity index (χ0) is 25.3. The number of methoxy groups -OCH3 is 1. The second-order valence-electron chi connectivity index (χ2n) is 8.03. The van der Waals surface area contributed by atoms with Crippen molar-refractivity contribution in [3.8, 4) is 5.75 Å². The van der Waals surface area contributed by atoms with Gasteiger partial charge in [0.05, 0.1) is 23.6 Å². The van der Waals surface area contributed by atoms with Crippen LogP contribution in [0.3, 0.4) is 0 Å². The molecule has 1 aliphatic rings. The topological polar surface area (TPSA) is 127 Å². The Labute approximate surface area is 203 Å². The van der Waals surface area contributed by atoms with Crippen molar-refractivity contribution in [3.05, 3.63) is 95.1 Å². The molecule has 0 bridgehead atoms. The van der Waals surface area contributed by atoms with E-state index in [1.54, 1.807) is 36.4 Å². The summed E-state index contributed by atoms with van der Waals surface area (Å²) in [6, 6.07) is 18.3. The zero-order valence-corrected chi connectivity index (χ0v) is 20.0. The van der Waals surface area contributed by atoms with Gasteiger partial charge in [0.15, 0.2) is 0 Å². The van der Waals surface area contributed by atoms with Crippen molar-refractivity contribution in [1.82, 2.24) is 0 Å². The maximum atomic E-state index is 13.2. The summed E-state index contributed by atoms with van der Waals surface area (Å²) < 4.78 is 28.5. The number of benzene rings is 3. The number of anilines is 1. The van der Waals surface area contributed by atoms with Crippen molar-refractivity contribution < 1.29 is 27.9 Å². The van der Waals surface area contributed by atoms with Crippen LogP contribution in [0.4, 0.5) is 5.69 Å². The van der Waals surface area contributed by atoms with Crippen LogP contribution in [-0.4, -0.2) is 32.3 Å². The number of primary sulfonamides is 1. The van der Waals surface area contributed by atoms with E-state index in [0.717, 1.165) is 12.0 Å². The number of aliphatic hydroxyl groups is 1. The van der Waals surface area contributed by atoms with E-state index in [9.17, 15) is 23.1 Å². The van der Waals surface area contributed by atoms with Gasteiger partial charge in [-0.3, -0.25) is 14.5 Å². The van der Waals surface area contributed by atoms with E-state index in [0.29, 0.717) is 16.9 Å². The number of hydrogen-bond donors (Lipinski definition) is 2. The van der Waals surface area contributed by atoms with Crippen molar-refractivity contribution in [2.75, 3.05) is 12.0 Å². The molecule has 1 aliphatic heterocycles. The molecule has 0 radical (unpaired) electrons. The van der Waals surface area contributed by atoms with Crippen LogP contribution in [-0.2, 0) is 26.0 Å². The lowest BCUT2D eigenvalue weighted by atomic mass is 9.94. The molecular weight excluding hydrogens is 468 g/mol. The van der Waals surface area contributed by atoms with Crippen molar-refractivity contribution in [2.45, 2.75) is 24.3 Å². The highest BCUT2D eigenvalue weighted by Gasteiger charge is 2.47. The smallest absolute Gasteiger partial charge is 0.300 e. The molecule has 0 aromatic heterocycles. The Balaban J connectivity index is 1.89. The van der Waals surface area contributed by atoms with E-state index in [4.69, 9.17) is 9.88 Å². The number of aliphatic hydroxyl groups excluding tert-OH is 1. The van der Waals surface area contributed by atoms with E-state index in [2.05, 4.69) is 0 Å². The fraction of sp³-hybridized carbons (Fsp3) is 0.154. The van der Waals surface area contributed by atoms with Crippen LogP contribution in [0.5, 0.6) is 5.75 Å². The second-order valence-corrected chi connectivity index (χ2v) is 9.59. The third kappa shape index (κ3) is 4.55. The molecule has 3 aromatic rings. The Hall–Kier alpha value is -3.95. The summed E-state index contributed by atoms with van der Waals surface area (Å²) in [5, 5.41) is 16.4. The quantitative estimate of drug-likeness (QED) is 0.308. The lowest BCUT2D eigenvalue weighted by Crippen LogP contribution is -2.29. The first-order valence-corrected chi connectivity index (χ1v) is 12.4. The number of carbonyl (C=O) groups is 2. The molecule has 180 valence electrons. The molecule has 4 rings (SSSR count). The van der Waals surface area contributed by atoms with Gasteiger partial charge in [-0.1, -0.05) is 43.3 Å². The van der Waals surface area contributed by atoms with Gasteiger partial charge in [-0.2, -0.15) is 0 Å². The number of ether oxygens (including phenoxy) is 1. The van der Waals surface area contributed by atoms with Gasteiger partial charge in [-0.05, 0) is 53.9 Å². The average molecular weight is 493 g/mol. The predicted octanol–water partition coefficient (Wildman–Crippen LogP) is 3.53. The molecule has 1 amide bonds.